The Morgan fingerprint density at radius 3 is 2.92 bits per heavy atom. The number of terminal acetylenes is 1. The Hall–Kier alpha value is -3.44. The normalized spacial score (nSPS) is 17.6. The molecule has 3 heterocycles. The number of carbonyl (C=O) groups is 1. The number of anilines is 1. The van der Waals surface area contributed by atoms with E-state index in [1.807, 2.05) is 27.0 Å². The maximum atomic E-state index is 11.9. The molecule has 0 spiro atoms. The van der Waals surface area contributed by atoms with Crippen LogP contribution < -0.4 is 16.0 Å². The minimum Gasteiger partial charge on any atom is -0.361 e. The van der Waals surface area contributed by atoms with Crippen LogP contribution in [0, 0.1) is 23.7 Å². The largest absolute Gasteiger partial charge is 0.361 e. The highest BCUT2D eigenvalue weighted by Crippen LogP contribution is 2.38. The van der Waals surface area contributed by atoms with Gasteiger partial charge in [-0.1, -0.05) is 33.3 Å². The third kappa shape index (κ3) is 6.61. The molecule has 0 radical (unpaired) electrons. The number of thiophene rings is 1. The van der Waals surface area contributed by atoms with Crippen LogP contribution in [-0.4, -0.2) is 41.2 Å². The number of aryl methyl sites for hydroxylation is 1. The van der Waals surface area contributed by atoms with Crippen LogP contribution >= 0.6 is 11.3 Å². The quantitative estimate of drug-likeness (QED) is 0.252. The summed E-state index contributed by atoms with van der Waals surface area (Å²) in [6.45, 7) is 11.0. The number of aromatic nitrogens is 2. The first kappa shape index (κ1) is 25.6. The van der Waals surface area contributed by atoms with Gasteiger partial charge in [0.05, 0.1) is 23.0 Å². The molecule has 1 atom stereocenters. The van der Waals surface area contributed by atoms with Crippen molar-refractivity contribution in [3.63, 3.8) is 0 Å². The zero-order chi connectivity index (χ0) is 25.7. The molecule has 2 aliphatic rings. The van der Waals surface area contributed by atoms with Gasteiger partial charge in [-0.15, -0.1) is 17.8 Å². The lowest BCUT2D eigenvalue weighted by atomic mass is 9.96. The Balaban J connectivity index is 1.31. The van der Waals surface area contributed by atoms with Crippen LogP contribution in [0.5, 0.6) is 0 Å². The molecule has 0 saturated heterocycles. The summed E-state index contributed by atoms with van der Waals surface area (Å²) >= 11 is 1.67. The van der Waals surface area contributed by atoms with Gasteiger partial charge in [0, 0.05) is 34.4 Å². The van der Waals surface area contributed by atoms with Crippen molar-refractivity contribution in [3.8, 4) is 23.0 Å². The molecule has 0 bridgehead atoms. The molecule has 36 heavy (non-hydrogen) atoms. The fourth-order valence-corrected chi connectivity index (χ4v) is 4.69. The van der Waals surface area contributed by atoms with Gasteiger partial charge in [-0.3, -0.25) is 9.79 Å². The van der Waals surface area contributed by atoms with Gasteiger partial charge >= 0.3 is 0 Å². The van der Waals surface area contributed by atoms with E-state index < -0.39 is 0 Å². The Morgan fingerprint density at radius 2 is 2.19 bits per heavy atom. The molecular formula is C28H34N6OS. The van der Waals surface area contributed by atoms with Gasteiger partial charge in [-0.05, 0) is 56.0 Å². The van der Waals surface area contributed by atoms with Gasteiger partial charge in [0.1, 0.15) is 5.82 Å². The minimum atomic E-state index is -0.374. The molecule has 8 heteroatoms. The van der Waals surface area contributed by atoms with Crippen molar-refractivity contribution in [3.05, 3.63) is 52.8 Å². The van der Waals surface area contributed by atoms with Crippen LogP contribution in [0.1, 0.15) is 50.5 Å². The number of nitrogens with zero attached hydrogens (tertiary/aromatic N) is 3. The highest BCUT2D eigenvalue weighted by Gasteiger charge is 2.32. The first-order valence-electron chi connectivity index (χ1n) is 12.4. The summed E-state index contributed by atoms with van der Waals surface area (Å²) < 4.78 is 0. The average molecular weight is 503 g/mol. The van der Waals surface area contributed by atoms with Crippen LogP contribution in [0.4, 0.5) is 5.82 Å². The van der Waals surface area contributed by atoms with E-state index in [1.54, 1.807) is 17.5 Å². The van der Waals surface area contributed by atoms with Gasteiger partial charge in [-0.2, -0.15) is 0 Å². The number of rotatable bonds is 10. The zero-order valence-corrected chi connectivity index (χ0v) is 22.0. The Kier molecular flexibility index (Phi) is 7.90. The molecule has 188 valence electrons. The third-order valence-electron chi connectivity index (χ3n) is 6.02. The Bertz CT molecular complexity index is 1230. The second-order valence-electron chi connectivity index (χ2n) is 10.2. The lowest BCUT2D eigenvalue weighted by Crippen LogP contribution is -2.36. The van der Waals surface area contributed by atoms with Crippen LogP contribution in [0.15, 0.2) is 47.4 Å². The molecular weight excluding hydrogens is 468 g/mol. The van der Waals surface area contributed by atoms with Crippen LogP contribution in [0.25, 0.3) is 10.7 Å². The lowest BCUT2D eigenvalue weighted by Gasteiger charge is -2.16. The van der Waals surface area contributed by atoms with Crippen LogP contribution in [-0.2, 0) is 11.2 Å². The molecule has 1 aliphatic carbocycles. The highest BCUT2D eigenvalue weighted by atomic mass is 32.1. The molecule has 1 amide bonds. The number of hydrogen-bond donors (Lipinski definition) is 3. The minimum absolute atomic E-state index is 0.0454. The molecule has 1 aliphatic heterocycles. The van der Waals surface area contributed by atoms with E-state index in [2.05, 4.69) is 56.6 Å². The first-order valence-corrected chi connectivity index (χ1v) is 13.2. The average Bonchev–Trinajstić information content (AvgIpc) is 3.48. The van der Waals surface area contributed by atoms with Crippen LogP contribution in [0.3, 0.4) is 0 Å². The van der Waals surface area contributed by atoms with E-state index >= 15 is 0 Å². The van der Waals surface area contributed by atoms with Gasteiger partial charge in [0.2, 0.25) is 5.91 Å². The van der Waals surface area contributed by atoms with E-state index in [0.29, 0.717) is 36.2 Å². The van der Waals surface area contributed by atoms with Gasteiger partial charge < -0.3 is 16.0 Å². The summed E-state index contributed by atoms with van der Waals surface area (Å²) in [5.41, 5.74) is 2.42. The molecule has 3 N–H and O–H groups in total. The SMILES string of the molecule is C#Cc1cnc(-c2ccc(CCC=NCCNC(=O)C(C)(C)C)s2)nc1NC1C=C(C2CC2)NC1=C. The number of allylic oxidation sites excluding steroid dienone is 1. The number of carbonyl (C=O) groups excluding carboxylic acids is 1. The summed E-state index contributed by atoms with van der Waals surface area (Å²) in [5, 5.41) is 9.75. The van der Waals surface area contributed by atoms with E-state index in [-0.39, 0.29) is 17.4 Å². The van der Waals surface area contributed by atoms with E-state index in [9.17, 15) is 4.79 Å². The second-order valence-corrected chi connectivity index (χ2v) is 11.3. The maximum Gasteiger partial charge on any atom is 0.225 e. The zero-order valence-electron chi connectivity index (χ0n) is 21.2. The molecule has 1 saturated carbocycles. The molecule has 2 aromatic heterocycles. The van der Waals surface area contributed by atoms with Gasteiger partial charge in [-0.25, -0.2) is 9.97 Å². The van der Waals surface area contributed by atoms with Crippen LogP contribution in [0.2, 0.25) is 0 Å². The fraction of sp³-hybridized carbons (Fsp3) is 0.429. The van der Waals surface area contributed by atoms with Crippen molar-refractivity contribution in [2.24, 2.45) is 16.3 Å². The summed E-state index contributed by atoms with van der Waals surface area (Å²) in [7, 11) is 0. The number of amides is 1. The van der Waals surface area contributed by atoms with Gasteiger partial charge in [0.25, 0.3) is 0 Å². The predicted octanol–water partition coefficient (Wildman–Crippen LogP) is 4.54. The number of nitrogens with one attached hydrogen (secondary N) is 3. The summed E-state index contributed by atoms with van der Waals surface area (Å²) in [6.07, 6.45) is 15.7. The Morgan fingerprint density at radius 1 is 1.39 bits per heavy atom. The fourth-order valence-electron chi connectivity index (χ4n) is 3.73. The molecule has 7 nitrogen and oxygen atoms in total. The second kappa shape index (κ2) is 11.1. The first-order chi connectivity index (χ1) is 17.2. The molecule has 2 aromatic rings. The molecule has 4 rings (SSSR count). The number of aliphatic imine (C=N–C) groups is 1. The third-order valence-corrected chi connectivity index (χ3v) is 7.16. The van der Waals surface area contributed by atoms with Crippen molar-refractivity contribution < 1.29 is 4.79 Å². The van der Waals surface area contributed by atoms with E-state index in [1.165, 1.54) is 23.4 Å². The van der Waals surface area contributed by atoms with E-state index in [4.69, 9.17) is 11.4 Å². The van der Waals surface area contributed by atoms with Crippen molar-refractivity contribution in [2.45, 2.75) is 52.5 Å². The topological polar surface area (TPSA) is 91.3 Å². The number of hydrogen-bond acceptors (Lipinski definition) is 7. The molecule has 0 aromatic carbocycles. The lowest BCUT2D eigenvalue weighted by molar-refractivity contribution is -0.128. The smallest absolute Gasteiger partial charge is 0.225 e. The van der Waals surface area contributed by atoms with Crippen molar-refractivity contribution in [1.82, 2.24) is 20.6 Å². The molecule has 1 fully saturated rings. The highest BCUT2D eigenvalue weighted by molar-refractivity contribution is 7.15. The monoisotopic (exact) mass is 502 g/mol. The van der Waals surface area contributed by atoms with E-state index in [0.717, 1.165) is 23.4 Å². The summed E-state index contributed by atoms with van der Waals surface area (Å²) in [4.78, 5) is 27.8. The predicted molar refractivity (Wildman–Crippen MR) is 148 cm³/mol. The summed E-state index contributed by atoms with van der Waals surface area (Å²) in [5.74, 6) is 4.65. The molecule has 1 unspecified atom stereocenters. The Labute approximate surface area is 217 Å². The van der Waals surface area contributed by atoms with Gasteiger partial charge in [0.15, 0.2) is 5.82 Å². The standard InChI is InChI=1S/C28H34N6OS/c1-6-19-17-31-26(34-25(19)33-22-16-23(20-9-10-20)32-18(22)2)24-12-11-21(36-24)8-7-13-29-14-15-30-27(35)28(3,4)5/h1,11-13,16-17,20,22,32H,2,7-10,14-15H2,3-5H3,(H,30,35)(H,31,33,34). The maximum absolute atomic E-state index is 11.9. The summed E-state index contributed by atoms with van der Waals surface area (Å²) in [6, 6.07) is 4.11. The van der Waals surface area contributed by atoms with Crippen molar-refractivity contribution in [2.75, 3.05) is 18.4 Å². The van der Waals surface area contributed by atoms with Crippen molar-refractivity contribution in [1.29, 1.82) is 0 Å². The van der Waals surface area contributed by atoms with Crippen molar-refractivity contribution >= 4 is 29.3 Å².